The largest absolute Gasteiger partial charge is 0.477 e. The normalized spacial score (nSPS) is 11.1. The number of fused-ring (bicyclic) bond motifs is 1. The molecule has 5 aromatic rings. The Balaban J connectivity index is 0.000000347. The van der Waals surface area contributed by atoms with Gasteiger partial charge in [-0.25, -0.2) is 19.1 Å². The van der Waals surface area contributed by atoms with Gasteiger partial charge in [-0.15, -0.1) is 0 Å². The van der Waals surface area contributed by atoms with Gasteiger partial charge in [-0.1, -0.05) is 43.8 Å². The van der Waals surface area contributed by atoms with E-state index in [-0.39, 0.29) is 66.6 Å². The molecule has 0 bridgehead atoms. The predicted molar refractivity (Wildman–Crippen MR) is 172 cm³/mol. The molecule has 5 rings (SSSR count). The summed E-state index contributed by atoms with van der Waals surface area (Å²) < 4.78 is 5.62. The first-order valence-electron chi connectivity index (χ1n) is 13.4. The summed E-state index contributed by atoms with van der Waals surface area (Å²) in [7, 11) is 1.36. The number of aromatic carboxylic acids is 1. The Labute approximate surface area is 262 Å². The number of hydrogen-bond acceptors (Lipinski definition) is 12. The summed E-state index contributed by atoms with van der Waals surface area (Å²) >= 11 is 0. The van der Waals surface area contributed by atoms with Crippen molar-refractivity contribution in [1.29, 1.82) is 0 Å². The van der Waals surface area contributed by atoms with E-state index >= 15 is 0 Å². The third-order valence-corrected chi connectivity index (χ3v) is 6.67. The molecule has 0 radical (unpaired) electrons. The van der Waals surface area contributed by atoms with Crippen LogP contribution in [0, 0.1) is 0 Å². The van der Waals surface area contributed by atoms with E-state index in [9.17, 15) is 29.1 Å². The van der Waals surface area contributed by atoms with E-state index < -0.39 is 22.7 Å². The lowest BCUT2D eigenvalue weighted by Gasteiger charge is -2.11. The molecule has 0 aliphatic carbocycles. The number of carboxylic acids is 1. The Kier molecular flexibility index (Phi) is 10.9. The van der Waals surface area contributed by atoms with Crippen LogP contribution in [0.1, 0.15) is 68.4 Å². The van der Waals surface area contributed by atoms with Crippen LogP contribution in [0.3, 0.4) is 0 Å². The number of methoxy groups -OCH3 is 1. The second-order valence-corrected chi connectivity index (χ2v) is 9.87. The third kappa shape index (κ3) is 7.51. The average molecular weight is 631 g/mol. The molecule has 2 aromatic heterocycles. The maximum atomic E-state index is 12.6. The highest BCUT2D eigenvalue weighted by atomic mass is 16.5. The lowest BCUT2D eigenvalue weighted by Crippen LogP contribution is -2.36. The molecule has 15 heteroatoms. The molecule has 0 unspecified atom stereocenters. The van der Waals surface area contributed by atoms with Gasteiger partial charge in [-0.2, -0.15) is 5.10 Å². The first-order valence-corrected chi connectivity index (χ1v) is 13.4. The monoisotopic (exact) mass is 630 g/mol. The van der Waals surface area contributed by atoms with Gasteiger partial charge in [-0.3, -0.25) is 14.4 Å². The lowest BCUT2D eigenvalue weighted by atomic mass is 10.1. The average Bonchev–Trinajstić information content (AvgIpc) is 3.43. The minimum Gasteiger partial charge on any atom is -0.477 e. The fourth-order valence-electron chi connectivity index (χ4n) is 4.19. The van der Waals surface area contributed by atoms with Gasteiger partial charge in [0.25, 0.3) is 16.8 Å². The van der Waals surface area contributed by atoms with Crippen molar-refractivity contribution < 1.29 is 24.2 Å². The highest BCUT2D eigenvalue weighted by Gasteiger charge is 2.19. The van der Waals surface area contributed by atoms with Gasteiger partial charge in [0.15, 0.2) is 11.3 Å². The van der Waals surface area contributed by atoms with Crippen LogP contribution in [0.2, 0.25) is 0 Å². The minimum absolute atomic E-state index is 0. The number of carbonyl (C=O) groups is 3. The molecule has 9 N–H and O–H groups in total. The van der Waals surface area contributed by atoms with E-state index in [1.807, 2.05) is 19.1 Å². The standard InChI is InChI=1S/C20H17N7O5.C10H13NO2.CH4/c21-11-8-25-27-13(20(31)32)5-12(26-18(11)27)19(30)24-7-10-3-1-2-9(4-10)6-23-15-14(22)16(28)17(15)29;1-7(11)8-3-5-9(6-4-8)10(12)13-2;/h1-5,8,23H,6-7,21-22H2,(H,24,30)(H,31,32);3-7H,11H2,1-2H3;1H4/t;7-;/m.1./s1. The van der Waals surface area contributed by atoms with Gasteiger partial charge in [0.1, 0.15) is 17.1 Å². The maximum absolute atomic E-state index is 12.6. The first-order chi connectivity index (χ1) is 21.4. The third-order valence-electron chi connectivity index (χ3n) is 6.67. The van der Waals surface area contributed by atoms with Crippen molar-refractivity contribution in [2.45, 2.75) is 33.5 Å². The highest BCUT2D eigenvalue weighted by molar-refractivity contribution is 5.96. The van der Waals surface area contributed by atoms with Crippen LogP contribution < -0.4 is 38.7 Å². The molecule has 240 valence electrons. The number of carboxylic acid groups (broad SMARTS) is 1. The van der Waals surface area contributed by atoms with Gasteiger partial charge in [0.05, 0.1) is 24.6 Å². The summed E-state index contributed by atoms with van der Waals surface area (Å²) in [6, 6.07) is 15.3. The second kappa shape index (κ2) is 14.6. The molecule has 46 heavy (non-hydrogen) atoms. The summed E-state index contributed by atoms with van der Waals surface area (Å²) in [4.78, 5) is 61.9. The Morgan fingerprint density at radius 1 is 1.00 bits per heavy atom. The summed E-state index contributed by atoms with van der Waals surface area (Å²) in [6.07, 6.45) is 1.26. The van der Waals surface area contributed by atoms with Crippen LogP contribution in [0.5, 0.6) is 0 Å². The Hall–Kier alpha value is -6.09. The van der Waals surface area contributed by atoms with Crippen LogP contribution in [0.15, 0.2) is 70.4 Å². The number of rotatable bonds is 9. The number of anilines is 3. The van der Waals surface area contributed by atoms with Gasteiger partial charge in [0, 0.05) is 25.2 Å². The number of nitrogens with one attached hydrogen (secondary N) is 2. The lowest BCUT2D eigenvalue weighted by molar-refractivity contribution is 0.0599. The molecule has 2 heterocycles. The SMILES string of the molecule is C.COC(=O)c1ccc([C@@H](C)N)cc1.Nc1c(NCc2cccc(CNC(=O)c3cc(C(=O)O)n4ncc(N)c4n3)c2)c(=O)c1=O. The quantitative estimate of drug-likeness (QED) is 0.101. The van der Waals surface area contributed by atoms with Crippen molar-refractivity contribution in [2.24, 2.45) is 5.73 Å². The first kappa shape index (κ1) is 34.4. The van der Waals surface area contributed by atoms with E-state index in [1.165, 1.54) is 13.3 Å². The van der Waals surface area contributed by atoms with E-state index in [2.05, 4.69) is 25.5 Å². The molecule has 15 nitrogen and oxygen atoms in total. The number of nitrogens with two attached hydrogens (primary N) is 3. The number of hydrogen-bond donors (Lipinski definition) is 6. The number of amides is 1. The fourth-order valence-corrected chi connectivity index (χ4v) is 4.19. The van der Waals surface area contributed by atoms with Gasteiger partial charge in [-0.05, 0) is 35.7 Å². The van der Waals surface area contributed by atoms with Crippen LogP contribution in [-0.4, -0.2) is 44.7 Å². The summed E-state index contributed by atoms with van der Waals surface area (Å²) in [5.41, 5.74) is 18.5. The zero-order chi connectivity index (χ0) is 32.8. The number of ether oxygens (including phenoxy) is 1. The van der Waals surface area contributed by atoms with Crippen molar-refractivity contribution >= 4 is 40.6 Å². The Morgan fingerprint density at radius 2 is 1.65 bits per heavy atom. The van der Waals surface area contributed by atoms with E-state index in [0.717, 1.165) is 27.3 Å². The van der Waals surface area contributed by atoms with E-state index in [0.29, 0.717) is 5.56 Å². The molecular weight excluding hydrogens is 596 g/mol. The van der Waals surface area contributed by atoms with E-state index in [4.69, 9.17) is 17.2 Å². The zero-order valence-electron chi connectivity index (χ0n) is 24.2. The molecule has 0 fully saturated rings. The van der Waals surface area contributed by atoms with Crippen molar-refractivity contribution in [1.82, 2.24) is 19.9 Å². The van der Waals surface area contributed by atoms with Crippen LogP contribution in [0.25, 0.3) is 5.65 Å². The van der Waals surface area contributed by atoms with Gasteiger partial charge < -0.3 is 37.7 Å². The fraction of sp³-hybridized carbons (Fsp3) is 0.194. The van der Waals surface area contributed by atoms with Crippen LogP contribution in [-0.2, 0) is 17.8 Å². The summed E-state index contributed by atoms with van der Waals surface area (Å²) in [6.45, 7) is 2.30. The molecule has 0 saturated carbocycles. The number of carbonyl (C=O) groups excluding carboxylic acids is 2. The molecule has 1 amide bonds. The summed E-state index contributed by atoms with van der Waals surface area (Å²) in [5.74, 6) is -2.19. The number of aromatic nitrogens is 3. The molecular formula is C31H34N8O7. The topological polar surface area (TPSA) is 247 Å². The van der Waals surface area contributed by atoms with Gasteiger partial charge in [0.2, 0.25) is 0 Å². The molecule has 1 atom stereocenters. The van der Waals surface area contributed by atoms with Crippen molar-refractivity contribution in [3.05, 3.63) is 115 Å². The van der Waals surface area contributed by atoms with E-state index in [1.54, 1.807) is 36.4 Å². The minimum atomic E-state index is -1.28. The number of nitrogens with zero attached hydrogens (tertiary/aromatic N) is 3. The highest BCUT2D eigenvalue weighted by Crippen LogP contribution is 2.16. The Bertz CT molecular complexity index is 1960. The van der Waals surface area contributed by atoms with Crippen molar-refractivity contribution in [3.63, 3.8) is 0 Å². The molecule has 0 saturated heterocycles. The molecule has 0 aliphatic rings. The molecule has 3 aromatic carbocycles. The molecule has 0 aliphatic heterocycles. The number of benzene rings is 2. The summed E-state index contributed by atoms with van der Waals surface area (Å²) in [5, 5.41) is 18.7. The number of esters is 1. The van der Waals surface area contributed by atoms with Crippen LogP contribution in [0.4, 0.5) is 17.1 Å². The van der Waals surface area contributed by atoms with Crippen LogP contribution >= 0.6 is 0 Å². The molecule has 0 spiro atoms. The predicted octanol–water partition coefficient (Wildman–Crippen LogP) is 1.86. The second-order valence-electron chi connectivity index (χ2n) is 9.87. The Morgan fingerprint density at radius 3 is 2.24 bits per heavy atom. The van der Waals surface area contributed by atoms with Crippen molar-refractivity contribution in [3.8, 4) is 0 Å². The number of nitrogen functional groups attached to an aromatic ring is 2. The zero-order valence-corrected chi connectivity index (χ0v) is 24.2. The maximum Gasteiger partial charge on any atom is 0.354 e. The van der Waals surface area contributed by atoms with Crippen molar-refractivity contribution in [2.75, 3.05) is 23.9 Å². The van der Waals surface area contributed by atoms with Gasteiger partial charge >= 0.3 is 11.9 Å². The smallest absolute Gasteiger partial charge is 0.354 e.